The van der Waals surface area contributed by atoms with Crippen LogP contribution in [0.4, 0.5) is 5.95 Å². The fraction of sp³-hybridized carbons (Fsp3) is 0.722. The molecule has 1 aromatic rings. The van der Waals surface area contributed by atoms with E-state index in [4.69, 9.17) is 4.74 Å². The number of likely N-dealkylation sites (tertiary alicyclic amines) is 1. The summed E-state index contributed by atoms with van der Waals surface area (Å²) < 4.78 is 5.28. The topological polar surface area (TPSA) is 69.1 Å². The van der Waals surface area contributed by atoms with E-state index in [9.17, 15) is 0 Å². The van der Waals surface area contributed by atoms with Crippen molar-refractivity contribution in [2.45, 2.75) is 6.42 Å². The molecular formula is C18H32IN7O. The van der Waals surface area contributed by atoms with Gasteiger partial charge in [-0.05, 0) is 12.5 Å². The molecule has 8 nitrogen and oxygen atoms in total. The molecule has 2 fully saturated rings. The molecule has 2 saturated heterocycles. The van der Waals surface area contributed by atoms with E-state index in [1.165, 1.54) is 6.42 Å². The van der Waals surface area contributed by atoms with Gasteiger partial charge >= 0.3 is 0 Å². The average Bonchev–Trinajstić information content (AvgIpc) is 3.15. The Labute approximate surface area is 179 Å². The van der Waals surface area contributed by atoms with Crippen molar-refractivity contribution in [2.75, 3.05) is 78.0 Å². The molecule has 1 unspecified atom stereocenters. The van der Waals surface area contributed by atoms with Crippen molar-refractivity contribution in [1.82, 2.24) is 25.1 Å². The summed E-state index contributed by atoms with van der Waals surface area (Å²) in [6.07, 6.45) is 4.79. The molecule has 0 radical (unpaired) electrons. The Morgan fingerprint density at radius 1 is 1.22 bits per heavy atom. The first kappa shape index (κ1) is 22.1. The van der Waals surface area contributed by atoms with E-state index >= 15 is 0 Å². The molecule has 2 aliphatic heterocycles. The number of aromatic nitrogens is 2. The molecule has 0 amide bonds. The lowest BCUT2D eigenvalue weighted by Gasteiger charge is -2.34. The summed E-state index contributed by atoms with van der Waals surface area (Å²) in [4.78, 5) is 20.2. The highest BCUT2D eigenvalue weighted by Crippen LogP contribution is 2.16. The third kappa shape index (κ3) is 6.42. The summed E-state index contributed by atoms with van der Waals surface area (Å²) in [5.41, 5.74) is 0. The molecule has 0 saturated carbocycles. The number of guanidine groups is 1. The molecule has 152 valence electrons. The molecule has 27 heavy (non-hydrogen) atoms. The summed E-state index contributed by atoms with van der Waals surface area (Å²) in [5.74, 6) is 2.47. The van der Waals surface area contributed by atoms with E-state index in [2.05, 4.69) is 35.0 Å². The molecule has 2 aliphatic rings. The number of anilines is 1. The molecule has 0 aliphatic carbocycles. The van der Waals surface area contributed by atoms with E-state index in [1.807, 2.05) is 13.1 Å². The molecule has 9 heteroatoms. The first-order valence-electron chi connectivity index (χ1n) is 9.49. The number of nitrogens with one attached hydrogen (secondary N) is 1. The predicted octanol–water partition coefficient (Wildman–Crippen LogP) is 0.760. The van der Waals surface area contributed by atoms with Crippen LogP contribution >= 0.6 is 24.0 Å². The van der Waals surface area contributed by atoms with E-state index in [0.717, 1.165) is 70.9 Å². The van der Waals surface area contributed by atoms with Crippen molar-refractivity contribution in [3.8, 4) is 0 Å². The van der Waals surface area contributed by atoms with Crippen LogP contribution < -0.4 is 10.2 Å². The summed E-state index contributed by atoms with van der Waals surface area (Å²) in [6.45, 7) is 8.90. The minimum atomic E-state index is 0. The van der Waals surface area contributed by atoms with Crippen LogP contribution in [-0.4, -0.2) is 98.8 Å². The van der Waals surface area contributed by atoms with Crippen molar-refractivity contribution < 1.29 is 4.74 Å². The summed E-state index contributed by atoms with van der Waals surface area (Å²) in [7, 11) is 3.64. The maximum Gasteiger partial charge on any atom is 0.225 e. The van der Waals surface area contributed by atoms with Gasteiger partial charge in [0.1, 0.15) is 0 Å². The average molecular weight is 489 g/mol. The second kappa shape index (κ2) is 11.6. The predicted molar refractivity (Wildman–Crippen MR) is 119 cm³/mol. The quantitative estimate of drug-likeness (QED) is 0.360. The Bertz CT molecular complexity index is 566. The zero-order valence-corrected chi connectivity index (χ0v) is 18.7. The van der Waals surface area contributed by atoms with Crippen LogP contribution in [0.3, 0.4) is 0 Å². The molecule has 0 bridgehead atoms. The van der Waals surface area contributed by atoms with Gasteiger partial charge in [-0.25, -0.2) is 9.97 Å². The fourth-order valence-electron chi connectivity index (χ4n) is 3.68. The van der Waals surface area contributed by atoms with E-state index in [1.54, 1.807) is 19.5 Å². The minimum Gasteiger partial charge on any atom is -0.384 e. The maximum absolute atomic E-state index is 5.28. The van der Waals surface area contributed by atoms with Gasteiger partial charge in [-0.1, -0.05) is 0 Å². The van der Waals surface area contributed by atoms with E-state index < -0.39 is 0 Å². The highest BCUT2D eigenvalue weighted by molar-refractivity contribution is 14.0. The maximum atomic E-state index is 5.28. The van der Waals surface area contributed by atoms with Crippen molar-refractivity contribution in [1.29, 1.82) is 0 Å². The van der Waals surface area contributed by atoms with Crippen LogP contribution in [-0.2, 0) is 4.74 Å². The number of hydrogen-bond donors (Lipinski definition) is 1. The van der Waals surface area contributed by atoms with Crippen LogP contribution in [0.2, 0.25) is 0 Å². The van der Waals surface area contributed by atoms with Crippen LogP contribution in [0.5, 0.6) is 0 Å². The molecule has 1 N–H and O–H groups in total. The molecule has 1 atom stereocenters. The Balaban J connectivity index is 0.00000261. The zero-order chi connectivity index (χ0) is 18.2. The van der Waals surface area contributed by atoms with Crippen LogP contribution in [0.25, 0.3) is 0 Å². The molecule has 1 aromatic heterocycles. The molecule has 0 aromatic carbocycles. The number of ether oxygens (including phenoxy) is 1. The Hall–Kier alpha value is -1.20. The normalized spacial score (nSPS) is 21.3. The highest BCUT2D eigenvalue weighted by atomic mass is 127. The van der Waals surface area contributed by atoms with Crippen LogP contribution in [0.1, 0.15) is 6.42 Å². The van der Waals surface area contributed by atoms with Crippen molar-refractivity contribution in [3.63, 3.8) is 0 Å². The Kier molecular flexibility index (Phi) is 9.49. The van der Waals surface area contributed by atoms with Gasteiger partial charge in [-0.3, -0.25) is 9.89 Å². The third-order valence-corrected chi connectivity index (χ3v) is 5.12. The highest BCUT2D eigenvalue weighted by Gasteiger charge is 2.25. The molecule has 3 heterocycles. The number of hydrogen-bond acceptors (Lipinski definition) is 6. The smallest absolute Gasteiger partial charge is 0.225 e. The number of nitrogens with zero attached hydrogens (tertiary/aromatic N) is 6. The second-order valence-corrected chi connectivity index (χ2v) is 6.91. The largest absolute Gasteiger partial charge is 0.384 e. The molecule has 0 spiro atoms. The SMILES string of the molecule is CN=C(NCCN1CCN(c2ncccn2)CC1)N1CCC(COC)C1.I. The fourth-order valence-corrected chi connectivity index (χ4v) is 3.68. The lowest BCUT2D eigenvalue weighted by atomic mass is 10.1. The van der Waals surface area contributed by atoms with Gasteiger partial charge in [0.2, 0.25) is 5.95 Å². The number of aliphatic imine (C=N–C) groups is 1. The third-order valence-electron chi connectivity index (χ3n) is 5.12. The molecular weight excluding hydrogens is 457 g/mol. The van der Waals surface area contributed by atoms with Crippen molar-refractivity contribution in [3.05, 3.63) is 18.5 Å². The second-order valence-electron chi connectivity index (χ2n) is 6.91. The number of methoxy groups -OCH3 is 1. The van der Waals surface area contributed by atoms with Gasteiger partial charge < -0.3 is 19.9 Å². The lowest BCUT2D eigenvalue weighted by Crippen LogP contribution is -2.50. The number of piperazine rings is 1. The monoisotopic (exact) mass is 489 g/mol. The Morgan fingerprint density at radius 2 is 1.96 bits per heavy atom. The number of halogens is 1. The summed E-state index contributed by atoms with van der Waals surface area (Å²) in [6, 6.07) is 1.86. The van der Waals surface area contributed by atoms with Gasteiger partial charge in [0.05, 0.1) is 6.61 Å². The summed E-state index contributed by atoms with van der Waals surface area (Å²) >= 11 is 0. The standard InChI is InChI=1S/C18H31N7O.HI/c1-19-17(25-8-4-16(14-25)15-26-2)22-7-9-23-10-12-24(13-11-23)18-20-5-3-6-21-18;/h3,5-6,16H,4,7-15H2,1-2H3,(H,19,22);1H. The van der Waals surface area contributed by atoms with Gasteiger partial charge in [-0.15, -0.1) is 24.0 Å². The van der Waals surface area contributed by atoms with Crippen LogP contribution in [0, 0.1) is 5.92 Å². The lowest BCUT2D eigenvalue weighted by molar-refractivity contribution is 0.157. The van der Waals surface area contributed by atoms with Gasteiger partial charge in [0.15, 0.2) is 5.96 Å². The van der Waals surface area contributed by atoms with Crippen molar-refractivity contribution >= 4 is 35.9 Å². The van der Waals surface area contributed by atoms with E-state index in [-0.39, 0.29) is 24.0 Å². The van der Waals surface area contributed by atoms with Crippen molar-refractivity contribution in [2.24, 2.45) is 10.9 Å². The van der Waals surface area contributed by atoms with Gasteiger partial charge in [0.25, 0.3) is 0 Å². The van der Waals surface area contributed by atoms with Gasteiger partial charge in [0, 0.05) is 84.8 Å². The first-order chi connectivity index (χ1) is 12.8. The summed E-state index contributed by atoms with van der Waals surface area (Å²) in [5, 5.41) is 3.52. The zero-order valence-electron chi connectivity index (χ0n) is 16.4. The van der Waals surface area contributed by atoms with E-state index in [0.29, 0.717) is 5.92 Å². The first-order valence-corrected chi connectivity index (χ1v) is 9.49. The Morgan fingerprint density at radius 3 is 2.63 bits per heavy atom. The van der Waals surface area contributed by atoms with Gasteiger partial charge in [-0.2, -0.15) is 0 Å². The number of rotatable bonds is 6. The van der Waals surface area contributed by atoms with Crippen LogP contribution in [0.15, 0.2) is 23.5 Å². The minimum absolute atomic E-state index is 0. The molecule has 3 rings (SSSR count).